The summed E-state index contributed by atoms with van der Waals surface area (Å²) >= 11 is 19.6. The third-order valence-corrected chi connectivity index (χ3v) is 7.52. The van der Waals surface area contributed by atoms with Gasteiger partial charge in [-0.15, -0.1) is 0 Å². The fraction of sp³-hybridized carbons (Fsp3) is 0.0833. The molecule has 1 amide bonds. The number of Topliss-reactive ketones (excluding diaryl/α,β-unsaturated/α-hetero) is 1. The molecule has 1 aliphatic heterocycles. The Hall–Kier alpha value is -2.44. The van der Waals surface area contributed by atoms with Crippen molar-refractivity contribution >= 4 is 63.9 Å². The van der Waals surface area contributed by atoms with Crippen LogP contribution in [0.1, 0.15) is 11.1 Å². The second-order valence-corrected chi connectivity index (χ2v) is 9.86. The first kappa shape index (κ1) is 21.4. The molecule has 8 heteroatoms. The standard InChI is InChI=1S/C24H14Cl3NO3S/c25-14-4-7-18(8-5-14)32-22-21(30)23(31)28(17-3-1-2-15(26)12-17)24(22)19-9-6-16(27)10-13(19)11-20(24)29/h1-10,12,30H,11H2. The SMILES string of the molecule is O=C1C(O)=C(Sc2ccc(Cl)cc2)C2(C(=O)Cc3cc(Cl)ccc32)N1c1cccc(Cl)c1. The minimum absolute atomic E-state index is 0.0815. The zero-order valence-corrected chi connectivity index (χ0v) is 19.4. The molecular formula is C24H14Cl3NO3S. The van der Waals surface area contributed by atoms with Crippen LogP contribution < -0.4 is 4.90 Å². The minimum Gasteiger partial charge on any atom is -0.502 e. The number of nitrogens with zero attached hydrogens (tertiary/aromatic N) is 1. The summed E-state index contributed by atoms with van der Waals surface area (Å²) in [6.07, 6.45) is 0.0815. The maximum absolute atomic E-state index is 13.7. The Labute approximate surface area is 203 Å². The number of amides is 1. The molecule has 4 nitrogen and oxygen atoms in total. The molecule has 0 radical (unpaired) electrons. The lowest BCUT2D eigenvalue weighted by Gasteiger charge is -2.36. The van der Waals surface area contributed by atoms with Crippen LogP contribution in [0.15, 0.2) is 82.3 Å². The van der Waals surface area contributed by atoms with Gasteiger partial charge in [-0.25, -0.2) is 0 Å². The smallest absolute Gasteiger partial charge is 0.295 e. The van der Waals surface area contributed by atoms with Crippen LogP contribution in [0.25, 0.3) is 0 Å². The number of rotatable bonds is 3. The van der Waals surface area contributed by atoms with Gasteiger partial charge in [0.2, 0.25) is 0 Å². The molecule has 160 valence electrons. The van der Waals surface area contributed by atoms with E-state index in [1.54, 1.807) is 66.7 Å². The van der Waals surface area contributed by atoms with Crippen LogP contribution >= 0.6 is 46.6 Å². The Morgan fingerprint density at radius 3 is 2.28 bits per heavy atom. The first-order chi connectivity index (χ1) is 15.3. The Kier molecular flexibility index (Phi) is 5.25. The number of benzene rings is 3. The number of halogens is 3. The number of hydrogen-bond donors (Lipinski definition) is 1. The molecule has 5 rings (SSSR count). The summed E-state index contributed by atoms with van der Waals surface area (Å²) in [7, 11) is 0. The highest BCUT2D eigenvalue weighted by atomic mass is 35.5. The van der Waals surface area contributed by atoms with Crippen LogP contribution in [0.5, 0.6) is 0 Å². The minimum atomic E-state index is -1.52. The molecule has 1 N–H and O–H groups in total. The molecule has 0 aromatic heterocycles. The first-order valence-corrected chi connectivity index (χ1v) is 11.6. The van der Waals surface area contributed by atoms with E-state index in [0.29, 0.717) is 31.9 Å². The Morgan fingerprint density at radius 1 is 0.875 bits per heavy atom. The topological polar surface area (TPSA) is 57.6 Å². The zero-order chi connectivity index (χ0) is 22.6. The van der Waals surface area contributed by atoms with E-state index in [1.807, 2.05) is 0 Å². The van der Waals surface area contributed by atoms with Crippen LogP contribution in [0, 0.1) is 0 Å². The fourth-order valence-electron chi connectivity index (χ4n) is 4.30. The summed E-state index contributed by atoms with van der Waals surface area (Å²) in [6, 6.07) is 18.8. The molecular weight excluding hydrogens is 489 g/mol. The van der Waals surface area contributed by atoms with E-state index in [4.69, 9.17) is 34.8 Å². The third-order valence-electron chi connectivity index (χ3n) is 5.60. The number of ketones is 1. The predicted octanol–water partition coefficient (Wildman–Crippen LogP) is 6.58. The Balaban J connectivity index is 1.77. The third kappa shape index (κ3) is 3.15. The van der Waals surface area contributed by atoms with Crippen LogP contribution in [0.4, 0.5) is 5.69 Å². The highest BCUT2D eigenvalue weighted by Gasteiger charge is 2.62. The van der Waals surface area contributed by atoms with Gasteiger partial charge in [-0.2, -0.15) is 0 Å². The molecule has 32 heavy (non-hydrogen) atoms. The van der Waals surface area contributed by atoms with Crippen molar-refractivity contribution in [2.24, 2.45) is 0 Å². The van der Waals surface area contributed by atoms with Crippen molar-refractivity contribution < 1.29 is 14.7 Å². The van der Waals surface area contributed by atoms with Crippen LogP contribution in [0.2, 0.25) is 15.1 Å². The maximum atomic E-state index is 13.7. The highest BCUT2D eigenvalue weighted by Crippen LogP contribution is 2.56. The lowest BCUT2D eigenvalue weighted by Crippen LogP contribution is -2.49. The summed E-state index contributed by atoms with van der Waals surface area (Å²) in [5.41, 5.74) is 0.222. The van der Waals surface area contributed by atoms with E-state index in [0.717, 1.165) is 16.7 Å². The van der Waals surface area contributed by atoms with Gasteiger partial charge in [-0.1, -0.05) is 58.7 Å². The maximum Gasteiger partial charge on any atom is 0.295 e. The molecule has 0 fully saturated rings. The summed E-state index contributed by atoms with van der Waals surface area (Å²) < 4.78 is 0. The molecule has 1 aliphatic carbocycles. The largest absolute Gasteiger partial charge is 0.502 e. The molecule has 2 aliphatic rings. The quantitative estimate of drug-likeness (QED) is 0.440. The van der Waals surface area contributed by atoms with Crippen molar-refractivity contribution in [3.05, 3.63) is 104 Å². The van der Waals surface area contributed by atoms with E-state index >= 15 is 0 Å². The molecule has 0 bridgehead atoms. The van der Waals surface area contributed by atoms with Gasteiger partial charge in [0.1, 0.15) is 0 Å². The number of carbonyl (C=O) groups is 2. The predicted molar refractivity (Wildman–Crippen MR) is 128 cm³/mol. The summed E-state index contributed by atoms with van der Waals surface area (Å²) in [4.78, 5) is 29.5. The molecule has 3 aromatic carbocycles. The number of fused-ring (bicyclic) bond motifs is 2. The van der Waals surface area contributed by atoms with Gasteiger partial charge in [0.05, 0.1) is 4.91 Å². The lowest BCUT2D eigenvalue weighted by atomic mass is 9.89. The van der Waals surface area contributed by atoms with Gasteiger partial charge in [0, 0.05) is 32.1 Å². The van der Waals surface area contributed by atoms with Gasteiger partial charge in [0.25, 0.3) is 5.91 Å². The molecule has 1 unspecified atom stereocenters. The second kappa shape index (κ2) is 7.85. The fourth-order valence-corrected chi connectivity index (χ4v) is 5.96. The number of aliphatic hydroxyl groups excluding tert-OH is 1. The number of hydrogen-bond acceptors (Lipinski definition) is 4. The number of anilines is 1. The van der Waals surface area contributed by atoms with E-state index in [2.05, 4.69) is 0 Å². The zero-order valence-electron chi connectivity index (χ0n) is 16.3. The van der Waals surface area contributed by atoms with Crippen molar-refractivity contribution in [3.63, 3.8) is 0 Å². The van der Waals surface area contributed by atoms with Gasteiger partial charge in [-0.3, -0.25) is 14.5 Å². The monoisotopic (exact) mass is 501 g/mol. The summed E-state index contributed by atoms with van der Waals surface area (Å²) in [6.45, 7) is 0. The lowest BCUT2D eigenvalue weighted by molar-refractivity contribution is -0.124. The van der Waals surface area contributed by atoms with E-state index in [9.17, 15) is 14.7 Å². The number of aliphatic hydroxyl groups is 1. The van der Waals surface area contributed by atoms with Gasteiger partial charge in [0.15, 0.2) is 17.1 Å². The van der Waals surface area contributed by atoms with E-state index < -0.39 is 17.2 Å². The Bertz CT molecular complexity index is 1320. The van der Waals surface area contributed by atoms with Gasteiger partial charge in [-0.05, 0) is 65.7 Å². The van der Waals surface area contributed by atoms with Gasteiger partial charge < -0.3 is 5.11 Å². The number of thioether (sulfide) groups is 1. The van der Waals surface area contributed by atoms with Crippen LogP contribution in [0.3, 0.4) is 0 Å². The van der Waals surface area contributed by atoms with Crippen molar-refractivity contribution in [3.8, 4) is 0 Å². The molecule has 0 saturated carbocycles. The number of carbonyl (C=O) groups excluding carboxylic acids is 2. The van der Waals surface area contributed by atoms with Crippen molar-refractivity contribution in [2.75, 3.05) is 4.90 Å². The molecule has 0 saturated heterocycles. The summed E-state index contributed by atoms with van der Waals surface area (Å²) in [5, 5.41) is 12.5. The van der Waals surface area contributed by atoms with E-state index in [1.165, 1.54) is 4.90 Å². The van der Waals surface area contributed by atoms with Crippen molar-refractivity contribution in [1.82, 2.24) is 0 Å². The molecule has 1 atom stereocenters. The van der Waals surface area contributed by atoms with Crippen molar-refractivity contribution in [2.45, 2.75) is 16.9 Å². The average molecular weight is 503 g/mol. The normalized spacial score (nSPS) is 19.9. The van der Waals surface area contributed by atoms with Crippen LogP contribution in [-0.4, -0.2) is 16.8 Å². The first-order valence-electron chi connectivity index (χ1n) is 9.62. The molecule has 3 aromatic rings. The van der Waals surface area contributed by atoms with Crippen LogP contribution in [-0.2, 0) is 21.5 Å². The average Bonchev–Trinajstić information content (AvgIpc) is 3.15. The Morgan fingerprint density at radius 2 is 1.56 bits per heavy atom. The second-order valence-electron chi connectivity index (χ2n) is 7.47. The van der Waals surface area contributed by atoms with E-state index in [-0.39, 0.29) is 17.1 Å². The van der Waals surface area contributed by atoms with Gasteiger partial charge >= 0.3 is 0 Å². The van der Waals surface area contributed by atoms with Crippen molar-refractivity contribution in [1.29, 1.82) is 0 Å². The summed E-state index contributed by atoms with van der Waals surface area (Å²) in [5.74, 6) is -1.37. The highest BCUT2D eigenvalue weighted by molar-refractivity contribution is 8.03. The molecule has 1 heterocycles. The molecule has 1 spiro atoms.